The Morgan fingerprint density at radius 1 is 1.19 bits per heavy atom. The van der Waals surface area contributed by atoms with Crippen LogP contribution in [0.1, 0.15) is 5.56 Å². The predicted octanol–water partition coefficient (Wildman–Crippen LogP) is 3.23. The second kappa shape index (κ2) is 6.48. The second-order valence-electron chi connectivity index (χ2n) is 4.10. The molecule has 0 aliphatic carbocycles. The van der Waals surface area contributed by atoms with Gasteiger partial charge < -0.3 is 9.80 Å². The summed E-state index contributed by atoms with van der Waals surface area (Å²) in [7, 11) is 6.26. The molecule has 0 aliphatic rings. The summed E-state index contributed by atoms with van der Waals surface area (Å²) < 4.78 is 0. The molecule has 0 amide bonds. The van der Waals surface area contributed by atoms with Crippen LogP contribution >= 0.6 is 27.5 Å². The molecule has 1 rings (SSSR count). The van der Waals surface area contributed by atoms with E-state index in [1.54, 1.807) is 0 Å². The third-order valence-electron chi connectivity index (χ3n) is 2.52. The van der Waals surface area contributed by atoms with Gasteiger partial charge in [0.05, 0.1) is 0 Å². The first-order chi connectivity index (χ1) is 7.56. The molecule has 0 bridgehead atoms. The third kappa shape index (κ3) is 3.65. The summed E-state index contributed by atoms with van der Waals surface area (Å²) in [5.74, 6) is 0. The van der Waals surface area contributed by atoms with Crippen molar-refractivity contribution in [3.05, 3.63) is 28.8 Å². The van der Waals surface area contributed by atoms with E-state index in [1.165, 1.54) is 5.69 Å². The predicted molar refractivity (Wildman–Crippen MR) is 75.9 cm³/mol. The van der Waals surface area contributed by atoms with Gasteiger partial charge in [0.2, 0.25) is 0 Å². The maximum atomic E-state index is 6.17. The molecule has 4 heteroatoms. The lowest BCUT2D eigenvalue weighted by Gasteiger charge is -2.24. The highest BCUT2D eigenvalue weighted by atomic mass is 79.9. The standard InChI is InChI=1S/C12H18BrClN2/c1-15(2)7-8-16(3)12-6-4-5-11(14)10(12)9-13/h4-6H,7-9H2,1-3H3. The van der Waals surface area contributed by atoms with Crippen molar-refractivity contribution in [3.63, 3.8) is 0 Å². The Balaban J connectivity index is 2.82. The fourth-order valence-electron chi connectivity index (χ4n) is 1.51. The lowest BCUT2D eigenvalue weighted by Crippen LogP contribution is -2.29. The normalized spacial score (nSPS) is 10.9. The summed E-state index contributed by atoms with van der Waals surface area (Å²) in [6.07, 6.45) is 0. The van der Waals surface area contributed by atoms with Crippen molar-refractivity contribution in [1.82, 2.24) is 4.90 Å². The van der Waals surface area contributed by atoms with Crippen LogP contribution in [0.2, 0.25) is 5.02 Å². The molecule has 0 saturated heterocycles. The van der Waals surface area contributed by atoms with E-state index in [-0.39, 0.29) is 0 Å². The van der Waals surface area contributed by atoms with E-state index in [0.717, 1.165) is 29.0 Å². The molecule has 16 heavy (non-hydrogen) atoms. The van der Waals surface area contributed by atoms with Crippen LogP contribution < -0.4 is 4.90 Å². The molecule has 0 heterocycles. The number of hydrogen-bond acceptors (Lipinski definition) is 2. The van der Waals surface area contributed by atoms with Gasteiger partial charge in [-0.05, 0) is 26.2 Å². The Bertz CT molecular complexity index is 342. The molecule has 90 valence electrons. The Kier molecular flexibility index (Phi) is 5.59. The van der Waals surface area contributed by atoms with E-state index in [2.05, 4.69) is 52.9 Å². The van der Waals surface area contributed by atoms with Crippen LogP contribution in [-0.2, 0) is 5.33 Å². The molecule has 0 N–H and O–H groups in total. The zero-order chi connectivity index (χ0) is 12.1. The van der Waals surface area contributed by atoms with Gasteiger partial charge in [-0.3, -0.25) is 0 Å². The molecule has 0 spiro atoms. The highest BCUT2D eigenvalue weighted by Gasteiger charge is 2.09. The topological polar surface area (TPSA) is 6.48 Å². The van der Waals surface area contributed by atoms with Gasteiger partial charge in [-0.15, -0.1) is 0 Å². The molecule has 1 aromatic rings. The number of alkyl halides is 1. The van der Waals surface area contributed by atoms with Crippen molar-refractivity contribution >= 4 is 33.2 Å². The summed E-state index contributed by atoms with van der Waals surface area (Å²) >= 11 is 9.66. The fourth-order valence-corrected chi connectivity index (χ4v) is 2.49. The van der Waals surface area contributed by atoms with Crippen molar-refractivity contribution in [1.29, 1.82) is 0 Å². The van der Waals surface area contributed by atoms with Crippen LogP contribution in [0.25, 0.3) is 0 Å². The van der Waals surface area contributed by atoms with E-state index in [1.807, 2.05) is 12.1 Å². The van der Waals surface area contributed by atoms with E-state index in [0.29, 0.717) is 0 Å². The molecule has 0 fully saturated rings. The Hall–Kier alpha value is -0.250. The van der Waals surface area contributed by atoms with Crippen LogP contribution in [0.15, 0.2) is 18.2 Å². The molecule has 0 unspecified atom stereocenters. The minimum atomic E-state index is 0.786. The summed E-state index contributed by atoms with van der Waals surface area (Å²) in [4.78, 5) is 4.41. The molecule has 2 nitrogen and oxygen atoms in total. The molecule has 0 saturated carbocycles. The molecular weight excluding hydrogens is 288 g/mol. The molecule has 0 atom stereocenters. The smallest absolute Gasteiger partial charge is 0.0467 e. The Morgan fingerprint density at radius 3 is 2.44 bits per heavy atom. The van der Waals surface area contributed by atoms with Crippen molar-refractivity contribution in [2.24, 2.45) is 0 Å². The number of hydrogen-bond donors (Lipinski definition) is 0. The Morgan fingerprint density at radius 2 is 1.88 bits per heavy atom. The maximum Gasteiger partial charge on any atom is 0.0467 e. The molecule has 0 aliphatic heterocycles. The van der Waals surface area contributed by atoms with Crippen molar-refractivity contribution in [2.75, 3.05) is 39.1 Å². The summed E-state index contributed by atoms with van der Waals surface area (Å²) in [5.41, 5.74) is 2.36. The first-order valence-corrected chi connectivity index (χ1v) is 6.75. The molecule has 1 aromatic carbocycles. The summed E-state index contributed by atoms with van der Waals surface area (Å²) in [6.45, 7) is 2.03. The number of anilines is 1. The highest BCUT2D eigenvalue weighted by Crippen LogP contribution is 2.28. The first kappa shape index (κ1) is 13.8. The lowest BCUT2D eigenvalue weighted by molar-refractivity contribution is 0.416. The summed E-state index contributed by atoms with van der Waals surface area (Å²) in [6, 6.07) is 6.04. The van der Waals surface area contributed by atoms with Crippen molar-refractivity contribution < 1.29 is 0 Å². The van der Waals surface area contributed by atoms with E-state index >= 15 is 0 Å². The van der Waals surface area contributed by atoms with Gasteiger partial charge in [0, 0.05) is 41.7 Å². The molecule has 0 aromatic heterocycles. The number of halogens is 2. The van der Waals surface area contributed by atoms with Crippen LogP contribution in [0.5, 0.6) is 0 Å². The maximum absolute atomic E-state index is 6.17. The average molecular weight is 306 g/mol. The van der Waals surface area contributed by atoms with Crippen molar-refractivity contribution in [2.45, 2.75) is 5.33 Å². The number of rotatable bonds is 5. The Labute approximate surface area is 111 Å². The average Bonchev–Trinajstić information content (AvgIpc) is 2.25. The van der Waals surface area contributed by atoms with E-state index in [9.17, 15) is 0 Å². The van der Waals surface area contributed by atoms with Crippen LogP contribution in [0, 0.1) is 0 Å². The van der Waals surface area contributed by atoms with Gasteiger partial charge in [-0.2, -0.15) is 0 Å². The lowest BCUT2D eigenvalue weighted by atomic mass is 10.2. The SMILES string of the molecule is CN(C)CCN(C)c1cccc(Cl)c1CBr. The number of nitrogens with zero attached hydrogens (tertiary/aromatic N) is 2. The first-order valence-electron chi connectivity index (χ1n) is 5.25. The van der Waals surface area contributed by atoms with Crippen molar-refractivity contribution in [3.8, 4) is 0 Å². The largest absolute Gasteiger partial charge is 0.373 e. The van der Waals surface area contributed by atoms with Crippen LogP contribution in [0.3, 0.4) is 0 Å². The molecular formula is C12H18BrClN2. The van der Waals surface area contributed by atoms with E-state index < -0.39 is 0 Å². The van der Waals surface area contributed by atoms with Gasteiger partial charge in [0.25, 0.3) is 0 Å². The second-order valence-corrected chi connectivity index (χ2v) is 5.06. The quantitative estimate of drug-likeness (QED) is 0.771. The minimum Gasteiger partial charge on any atom is -0.373 e. The fraction of sp³-hybridized carbons (Fsp3) is 0.500. The number of benzene rings is 1. The monoisotopic (exact) mass is 304 g/mol. The van der Waals surface area contributed by atoms with Crippen LogP contribution in [-0.4, -0.2) is 39.1 Å². The number of likely N-dealkylation sites (N-methyl/N-ethyl adjacent to an activating group) is 2. The van der Waals surface area contributed by atoms with E-state index in [4.69, 9.17) is 11.6 Å². The highest BCUT2D eigenvalue weighted by molar-refractivity contribution is 9.08. The summed E-state index contributed by atoms with van der Waals surface area (Å²) in [5, 5.41) is 1.61. The van der Waals surface area contributed by atoms with Gasteiger partial charge in [0.15, 0.2) is 0 Å². The zero-order valence-electron chi connectivity index (χ0n) is 10.0. The van der Waals surface area contributed by atoms with Gasteiger partial charge in [-0.1, -0.05) is 33.6 Å². The third-order valence-corrected chi connectivity index (χ3v) is 3.44. The minimum absolute atomic E-state index is 0.786. The van der Waals surface area contributed by atoms with Gasteiger partial charge in [-0.25, -0.2) is 0 Å². The zero-order valence-corrected chi connectivity index (χ0v) is 12.3. The molecule has 0 radical (unpaired) electrons. The van der Waals surface area contributed by atoms with Crippen LogP contribution in [0.4, 0.5) is 5.69 Å². The van der Waals surface area contributed by atoms with Gasteiger partial charge in [0.1, 0.15) is 0 Å². The van der Waals surface area contributed by atoms with Gasteiger partial charge >= 0.3 is 0 Å².